The minimum atomic E-state index is 0.0602. The molecule has 3 heteroatoms. The molecule has 0 heterocycles. The van der Waals surface area contributed by atoms with E-state index in [1.54, 1.807) is 6.07 Å². The van der Waals surface area contributed by atoms with Crippen LogP contribution in [0.3, 0.4) is 0 Å². The van der Waals surface area contributed by atoms with Crippen LogP contribution in [0.4, 0.5) is 11.4 Å². The van der Waals surface area contributed by atoms with Gasteiger partial charge >= 0.3 is 0 Å². The van der Waals surface area contributed by atoms with E-state index in [2.05, 4.69) is 31.0 Å². The summed E-state index contributed by atoms with van der Waals surface area (Å²) in [5.41, 5.74) is 2.49. The van der Waals surface area contributed by atoms with Crippen molar-refractivity contribution in [3.05, 3.63) is 54.1 Å². The third-order valence-electron chi connectivity index (χ3n) is 3.67. The molecule has 0 amide bonds. The van der Waals surface area contributed by atoms with E-state index >= 15 is 0 Å². The molecule has 0 aliphatic carbocycles. The van der Waals surface area contributed by atoms with Crippen LogP contribution in [-0.2, 0) is 5.41 Å². The average Bonchev–Trinajstić information content (AvgIpc) is 2.47. The number of benzene rings is 2. The number of phenolic OH excluding ortho intramolecular Hbond substituents is 1. The first kappa shape index (κ1) is 14.3. The molecule has 0 radical (unpaired) electrons. The molecule has 0 spiro atoms. The lowest BCUT2D eigenvalue weighted by Gasteiger charge is -2.23. The topological polar surface area (TPSA) is 45.0 Å². The summed E-state index contributed by atoms with van der Waals surface area (Å²) in [4.78, 5) is 0. The summed E-state index contributed by atoms with van der Waals surface area (Å²) in [5, 5.41) is 18.2. The molecular weight excluding hydrogens is 248 g/mol. The van der Waals surface area contributed by atoms with Crippen LogP contribution in [0.5, 0.6) is 5.75 Å². The van der Waals surface area contributed by atoms with Gasteiger partial charge in [-0.3, -0.25) is 0 Å². The Morgan fingerprint density at radius 1 is 1.00 bits per heavy atom. The number of aromatic hydroxyl groups is 1. The predicted octanol–water partition coefficient (Wildman–Crippen LogP) is 5.50. The second-order valence-corrected chi connectivity index (χ2v) is 5.48. The molecule has 0 aromatic heterocycles. The molecule has 0 unspecified atom stereocenters. The van der Waals surface area contributed by atoms with Gasteiger partial charge in [-0.2, -0.15) is 5.11 Å². The van der Waals surface area contributed by atoms with Crippen LogP contribution in [0.1, 0.15) is 32.8 Å². The number of phenols is 1. The zero-order valence-corrected chi connectivity index (χ0v) is 12.2. The van der Waals surface area contributed by atoms with Crippen molar-refractivity contribution in [3.8, 4) is 5.75 Å². The lowest BCUT2D eigenvalue weighted by Crippen LogP contribution is -2.14. The van der Waals surface area contributed by atoms with E-state index in [9.17, 15) is 5.11 Å². The van der Waals surface area contributed by atoms with Crippen molar-refractivity contribution in [3.63, 3.8) is 0 Å². The van der Waals surface area contributed by atoms with E-state index in [0.717, 1.165) is 17.7 Å². The fraction of sp³-hybridized carbons (Fsp3) is 0.294. The van der Waals surface area contributed by atoms with Gasteiger partial charge < -0.3 is 5.11 Å². The highest BCUT2D eigenvalue weighted by molar-refractivity contribution is 5.54. The lowest BCUT2D eigenvalue weighted by molar-refractivity contribution is 0.472. The Hall–Kier alpha value is -2.16. The molecule has 0 atom stereocenters. The van der Waals surface area contributed by atoms with Gasteiger partial charge in [-0.15, -0.1) is 5.11 Å². The normalized spacial score (nSPS) is 11.9. The fourth-order valence-corrected chi connectivity index (χ4v) is 1.83. The number of nitrogens with zero attached hydrogens (tertiary/aromatic N) is 2. The Balaban J connectivity index is 2.32. The summed E-state index contributed by atoms with van der Waals surface area (Å²) >= 11 is 0. The molecule has 2 aromatic rings. The van der Waals surface area contributed by atoms with E-state index in [4.69, 9.17) is 0 Å². The fourth-order valence-electron chi connectivity index (χ4n) is 1.83. The molecule has 1 N–H and O–H groups in total. The molecule has 0 bridgehead atoms. The Labute approximate surface area is 120 Å². The highest BCUT2D eigenvalue weighted by Gasteiger charge is 2.19. The molecule has 20 heavy (non-hydrogen) atoms. The highest BCUT2D eigenvalue weighted by Crippen LogP contribution is 2.35. The quantitative estimate of drug-likeness (QED) is 0.731. The zero-order chi connectivity index (χ0) is 14.6. The van der Waals surface area contributed by atoms with Crippen molar-refractivity contribution in [2.75, 3.05) is 0 Å². The third kappa shape index (κ3) is 3.23. The van der Waals surface area contributed by atoms with E-state index < -0.39 is 0 Å². The van der Waals surface area contributed by atoms with Gasteiger partial charge in [0.1, 0.15) is 11.4 Å². The van der Waals surface area contributed by atoms with Crippen LogP contribution in [0.2, 0.25) is 0 Å². The van der Waals surface area contributed by atoms with E-state index in [0.29, 0.717) is 5.69 Å². The molecule has 2 aromatic carbocycles. The number of hydrogen-bond donors (Lipinski definition) is 1. The number of rotatable bonds is 4. The third-order valence-corrected chi connectivity index (χ3v) is 3.67. The Morgan fingerprint density at radius 3 is 2.35 bits per heavy atom. The molecule has 0 aliphatic heterocycles. The second kappa shape index (κ2) is 5.87. The Morgan fingerprint density at radius 2 is 1.70 bits per heavy atom. The zero-order valence-electron chi connectivity index (χ0n) is 12.2. The summed E-state index contributed by atoms with van der Waals surface area (Å²) in [6, 6.07) is 15.0. The molecular formula is C17H20N2O. The minimum absolute atomic E-state index is 0.0602. The summed E-state index contributed by atoms with van der Waals surface area (Å²) in [7, 11) is 0. The SMILES string of the molecule is CCC(C)(C)c1ccc(O)c(N=Nc2ccccc2)c1. The molecule has 2 rings (SSSR count). The van der Waals surface area contributed by atoms with Gasteiger partial charge in [-0.25, -0.2) is 0 Å². The van der Waals surface area contributed by atoms with Crippen molar-refractivity contribution in [2.24, 2.45) is 10.2 Å². The number of hydrogen-bond acceptors (Lipinski definition) is 3. The maximum Gasteiger partial charge on any atom is 0.143 e. The largest absolute Gasteiger partial charge is 0.506 e. The van der Waals surface area contributed by atoms with Crippen molar-refractivity contribution >= 4 is 11.4 Å². The maximum absolute atomic E-state index is 9.90. The van der Waals surface area contributed by atoms with Crippen LogP contribution in [0.25, 0.3) is 0 Å². The monoisotopic (exact) mass is 268 g/mol. The van der Waals surface area contributed by atoms with Crippen LogP contribution in [-0.4, -0.2) is 5.11 Å². The number of azo groups is 1. The molecule has 0 aliphatic rings. The van der Waals surface area contributed by atoms with Crippen LogP contribution in [0, 0.1) is 0 Å². The van der Waals surface area contributed by atoms with Gasteiger partial charge in [0, 0.05) is 0 Å². The van der Waals surface area contributed by atoms with Gasteiger partial charge in [-0.05, 0) is 41.7 Å². The summed E-state index contributed by atoms with van der Waals surface area (Å²) in [6.45, 7) is 6.51. The second-order valence-electron chi connectivity index (χ2n) is 5.48. The van der Waals surface area contributed by atoms with E-state index in [-0.39, 0.29) is 11.2 Å². The lowest BCUT2D eigenvalue weighted by atomic mass is 9.82. The molecule has 0 saturated heterocycles. The first-order valence-electron chi connectivity index (χ1n) is 6.83. The van der Waals surface area contributed by atoms with Gasteiger partial charge in [0.2, 0.25) is 0 Å². The van der Waals surface area contributed by atoms with Crippen molar-refractivity contribution in [1.29, 1.82) is 0 Å². The van der Waals surface area contributed by atoms with Crippen molar-refractivity contribution in [1.82, 2.24) is 0 Å². The van der Waals surface area contributed by atoms with Crippen LogP contribution in [0.15, 0.2) is 58.8 Å². The molecule has 0 fully saturated rings. The standard InChI is InChI=1S/C17H20N2O/c1-4-17(2,3)13-10-11-16(20)15(12-13)19-18-14-8-6-5-7-9-14/h5-12,20H,4H2,1-3H3. The van der Waals surface area contributed by atoms with Crippen LogP contribution < -0.4 is 0 Å². The summed E-state index contributed by atoms with van der Waals surface area (Å²) < 4.78 is 0. The summed E-state index contributed by atoms with van der Waals surface area (Å²) in [5.74, 6) is 0.153. The van der Waals surface area contributed by atoms with Crippen LogP contribution >= 0.6 is 0 Å². The van der Waals surface area contributed by atoms with E-state index in [1.807, 2.05) is 42.5 Å². The highest BCUT2D eigenvalue weighted by atomic mass is 16.3. The first-order valence-corrected chi connectivity index (χ1v) is 6.83. The molecule has 104 valence electrons. The Kier molecular flexibility index (Phi) is 4.18. The first-order chi connectivity index (χ1) is 9.53. The van der Waals surface area contributed by atoms with E-state index in [1.165, 1.54) is 0 Å². The van der Waals surface area contributed by atoms with Gasteiger partial charge in [0.15, 0.2) is 0 Å². The maximum atomic E-state index is 9.90. The predicted molar refractivity (Wildman–Crippen MR) is 82.0 cm³/mol. The van der Waals surface area contributed by atoms with Crippen molar-refractivity contribution < 1.29 is 5.11 Å². The average molecular weight is 268 g/mol. The Bertz CT molecular complexity index is 604. The smallest absolute Gasteiger partial charge is 0.143 e. The summed E-state index contributed by atoms with van der Waals surface area (Å²) in [6.07, 6.45) is 1.02. The van der Waals surface area contributed by atoms with Gasteiger partial charge in [-0.1, -0.05) is 45.0 Å². The van der Waals surface area contributed by atoms with Gasteiger partial charge in [0.25, 0.3) is 0 Å². The van der Waals surface area contributed by atoms with Gasteiger partial charge in [0.05, 0.1) is 5.69 Å². The van der Waals surface area contributed by atoms with Crippen molar-refractivity contribution in [2.45, 2.75) is 32.6 Å². The molecule has 3 nitrogen and oxygen atoms in total. The molecule has 0 saturated carbocycles. The minimum Gasteiger partial charge on any atom is -0.506 e.